The largest absolute Gasteiger partial charge is 0.399 e. The Balaban J connectivity index is 1.66. The van der Waals surface area contributed by atoms with Gasteiger partial charge in [0.15, 0.2) is 5.69 Å². The first-order chi connectivity index (χ1) is 15.1. The van der Waals surface area contributed by atoms with Crippen molar-refractivity contribution in [2.24, 2.45) is 5.41 Å². The van der Waals surface area contributed by atoms with Crippen LogP contribution in [0.4, 0.5) is 5.69 Å². The second-order valence-corrected chi connectivity index (χ2v) is 9.90. The topological polar surface area (TPSA) is 102 Å². The standard InChI is InChI=1S/C24H28ClN5O2/c1-24(2,3)21(23(32)27-17-9-10-17)28-22(31)20-18-12-15(25)6-11-19(18)30(29-20)13-14-4-7-16(26)8-5-14/h4-8,11-12,17,21H,9-10,13,26H2,1-3H3,(H,27,32)(H,28,31). The molecular weight excluding hydrogens is 426 g/mol. The SMILES string of the molecule is CC(C)(C)C(NC(=O)c1nn(Cc2ccc(N)cc2)c2ccc(Cl)cc12)C(=O)NC1CC1. The van der Waals surface area contributed by atoms with Gasteiger partial charge >= 0.3 is 0 Å². The number of aromatic nitrogens is 2. The summed E-state index contributed by atoms with van der Waals surface area (Å²) in [6, 6.07) is 12.4. The first-order valence-corrected chi connectivity index (χ1v) is 11.1. The molecule has 4 rings (SSSR count). The van der Waals surface area contributed by atoms with E-state index in [1.165, 1.54) is 0 Å². The molecule has 0 bridgehead atoms. The molecule has 0 radical (unpaired) electrons. The molecule has 1 atom stereocenters. The van der Waals surface area contributed by atoms with E-state index in [9.17, 15) is 9.59 Å². The van der Waals surface area contributed by atoms with E-state index in [-0.39, 0.29) is 17.6 Å². The molecule has 2 aromatic carbocycles. The third kappa shape index (κ3) is 4.88. The molecular formula is C24H28ClN5O2. The van der Waals surface area contributed by atoms with E-state index in [1.54, 1.807) is 16.8 Å². The van der Waals surface area contributed by atoms with Crippen molar-refractivity contribution in [2.75, 3.05) is 5.73 Å². The maximum absolute atomic E-state index is 13.3. The Morgan fingerprint density at radius 3 is 2.50 bits per heavy atom. The van der Waals surface area contributed by atoms with Gasteiger partial charge in [-0.25, -0.2) is 0 Å². The average Bonchev–Trinajstić information content (AvgIpc) is 3.46. The summed E-state index contributed by atoms with van der Waals surface area (Å²) in [4.78, 5) is 26.1. The molecule has 1 aromatic heterocycles. The lowest BCUT2D eigenvalue weighted by Gasteiger charge is -2.30. The molecule has 1 saturated carbocycles. The zero-order valence-corrected chi connectivity index (χ0v) is 19.2. The van der Waals surface area contributed by atoms with Crippen molar-refractivity contribution in [1.29, 1.82) is 0 Å². The Hall–Kier alpha value is -3.06. The van der Waals surface area contributed by atoms with Crippen LogP contribution in [0.5, 0.6) is 0 Å². The number of benzene rings is 2. The van der Waals surface area contributed by atoms with Gasteiger partial charge in [0, 0.05) is 22.1 Å². The highest BCUT2D eigenvalue weighted by atomic mass is 35.5. The van der Waals surface area contributed by atoms with E-state index in [0.717, 1.165) is 23.9 Å². The van der Waals surface area contributed by atoms with Gasteiger partial charge in [-0.3, -0.25) is 14.3 Å². The fourth-order valence-electron chi connectivity index (χ4n) is 3.62. The normalized spacial score (nSPS) is 14.9. The fourth-order valence-corrected chi connectivity index (χ4v) is 3.79. The van der Waals surface area contributed by atoms with Crippen LogP contribution in [0.15, 0.2) is 42.5 Å². The predicted octanol–water partition coefficient (Wildman–Crippen LogP) is 3.74. The minimum Gasteiger partial charge on any atom is -0.399 e. The minimum absolute atomic E-state index is 0.169. The van der Waals surface area contributed by atoms with Crippen LogP contribution >= 0.6 is 11.6 Å². The summed E-state index contributed by atoms with van der Waals surface area (Å²) < 4.78 is 1.77. The van der Waals surface area contributed by atoms with Crippen LogP contribution < -0.4 is 16.4 Å². The van der Waals surface area contributed by atoms with Crippen molar-refractivity contribution in [2.45, 2.75) is 52.2 Å². The van der Waals surface area contributed by atoms with Crippen LogP contribution in [0.3, 0.4) is 0 Å². The summed E-state index contributed by atoms with van der Waals surface area (Å²) in [5, 5.41) is 11.7. The Morgan fingerprint density at radius 2 is 1.88 bits per heavy atom. The summed E-state index contributed by atoms with van der Waals surface area (Å²) in [5.41, 5.74) is 8.04. The number of nitrogens with two attached hydrogens (primary N) is 1. The summed E-state index contributed by atoms with van der Waals surface area (Å²) in [6.07, 6.45) is 1.96. The second kappa shape index (κ2) is 8.47. The molecule has 3 aromatic rings. The van der Waals surface area contributed by atoms with E-state index in [4.69, 9.17) is 17.3 Å². The molecule has 7 nitrogen and oxygen atoms in total. The van der Waals surface area contributed by atoms with Crippen LogP contribution in [0.2, 0.25) is 5.02 Å². The second-order valence-electron chi connectivity index (χ2n) is 9.46. The lowest BCUT2D eigenvalue weighted by atomic mass is 9.86. The van der Waals surface area contributed by atoms with E-state index in [1.807, 2.05) is 51.1 Å². The third-order valence-electron chi connectivity index (χ3n) is 5.57. The number of carbonyl (C=O) groups excluding carboxylic acids is 2. The van der Waals surface area contributed by atoms with Crippen molar-refractivity contribution in [1.82, 2.24) is 20.4 Å². The molecule has 1 aliphatic carbocycles. The number of halogens is 1. The van der Waals surface area contributed by atoms with Gasteiger partial charge < -0.3 is 16.4 Å². The Bertz CT molecular complexity index is 1160. The monoisotopic (exact) mass is 453 g/mol. The fraction of sp³-hybridized carbons (Fsp3) is 0.375. The van der Waals surface area contributed by atoms with Crippen molar-refractivity contribution >= 4 is 40.0 Å². The summed E-state index contributed by atoms with van der Waals surface area (Å²) >= 11 is 6.23. The van der Waals surface area contributed by atoms with Gasteiger partial charge in [0.1, 0.15) is 6.04 Å². The van der Waals surface area contributed by atoms with Crippen molar-refractivity contribution in [3.63, 3.8) is 0 Å². The van der Waals surface area contributed by atoms with E-state index in [2.05, 4.69) is 15.7 Å². The Kier molecular flexibility index (Phi) is 5.86. The summed E-state index contributed by atoms with van der Waals surface area (Å²) in [6.45, 7) is 6.26. The smallest absolute Gasteiger partial charge is 0.273 e. The van der Waals surface area contributed by atoms with Gasteiger partial charge in [-0.1, -0.05) is 44.5 Å². The molecule has 1 fully saturated rings. The van der Waals surface area contributed by atoms with Crippen molar-refractivity contribution in [3.8, 4) is 0 Å². The van der Waals surface area contributed by atoms with E-state index >= 15 is 0 Å². The molecule has 0 aliphatic heterocycles. The van der Waals surface area contributed by atoms with Crippen molar-refractivity contribution in [3.05, 3.63) is 58.7 Å². The molecule has 32 heavy (non-hydrogen) atoms. The number of carbonyl (C=O) groups is 2. The highest BCUT2D eigenvalue weighted by Crippen LogP contribution is 2.26. The van der Waals surface area contributed by atoms with Gasteiger partial charge in [0.05, 0.1) is 12.1 Å². The average molecular weight is 454 g/mol. The third-order valence-corrected chi connectivity index (χ3v) is 5.80. The lowest BCUT2D eigenvalue weighted by molar-refractivity contribution is -0.125. The van der Waals surface area contributed by atoms with Gasteiger partial charge in [0.2, 0.25) is 5.91 Å². The maximum Gasteiger partial charge on any atom is 0.273 e. The van der Waals surface area contributed by atoms with Gasteiger partial charge in [-0.2, -0.15) is 5.10 Å². The van der Waals surface area contributed by atoms with E-state index < -0.39 is 17.4 Å². The number of nitrogens with one attached hydrogen (secondary N) is 2. The van der Waals surface area contributed by atoms with Gasteiger partial charge in [0.25, 0.3) is 5.91 Å². The minimum atomic E-state index is -0.688. The number of nitrogen functional groups attached to an aromatic ring is 1. The Labute approximate surface area is 192 Å². The van der Waals surface area contributed by atoms with Crippen LogP contribution in [-0.2, 0) is 11.3 Å². The lowest BCUT2D eigenvalue weighted by Crippen LogP contribution is -2.54. The summed E-state index contributed by atoms with van der Waals surface area (Å²) in [7, 11) is 0. The van der Waals surface area contributed by atoms with Crippen LogP contribution in [-0.4, -0.2) is 33.7 Å². The molecule has 1 unspecified atom stereocenters. The summed E-state index contributed by atoms with van der Waals surface area (Å²) in [5.74, 6) is -0.573. The highest BCUT2D eigenvalue weighted by molar-refractivity contribution is 6.31. The van der Waals surface area contributed by atoms with Crippen molar-refractivity contribution < 1.29 is 9.59 Å². The number of hydrogen-bond acceptors (Lipinski definition) is 4. The number of rotatable bonds is 6. The number of anilines is 1. The first kappa shape index (κ1) is 22.1. The number of fused-ring (bicyclic) bond motifs is 1. The first-order valence-electron chi connectivity index (χ1n) is 10.7. The quantitative estimate of drug-likeness (QED) is 0.494. The molecule has 1 aliphatic rings. The molecule has 0 spiro atoms. The molecule has 2 amide bonds. The van der Waals surface area contributed by atoms with E-state index in [0.29, 0.717) is 22.6 Å². The van der Waals surface area contributed by atoms with Crippen LogP contribution in [0.1, 0.15) is 49.7 Å². The predicted molar refractivity (Wildman–Crippen MR) is 127 cm³/mol. The maximum atomic E-state index is 13.3. The highest BCUT2D eigenvalue weighted by Gasteiger charge is 2.36. The van der Waals surface area contributed by atoms with Gasteiger partial charge in [-0.05, 0) is 54.2 Å². The molecule has 168 valence electrons. The van der Waals surface area contributed by atoms with Crippen LogP contribution in [0, 0.1) is 5.41 Å². The molecule has 4 N–H and O–H groups in total. The van der Waals surface area contributed by atoms with Gasteiger partial charge in [-0.15, -0.1) is 0 Å². The Morgan fingerprint density at radius 1 is 1.19 bits per heavy atom. The number of nitrogens with zero attached hydrogens (tertiary/aromatic N) is 2. The van der Waals surface area contributed by atoms with Crippen LogP contribution in [0.25, 0.3) is 10.9 Å². The zero-order chi connectivity index (χ0) is 23.0. The number of hydrogen-bond donors (Lipinski definition) is 3. The zero-order valence-electron chi connectivity index (χ0n) is 18.5. The molecule has 8 heteroatoms. The molecule has 0 saturated heterocycles. The molecule has 1 heterocycles. The number of amides is 2.